The molecule has 0 saturated heterocycles. The van der Waals surface area contributed by atoms with Crippen molar-refractivity contribution in [1.29, 1.82) is 0 Å². The quantitative estimate of drug-likeness (QED) is 0.702. The molecule has 2 rings (SSSR count). The minimum atomic E-state index is -0.0566. The minimum Gasteiger partial charge on any atom is -0.462 e. The summed E-state index contributed by atoms with van der Waals surface area (Å²) in [7, 11) is 1.93. The number of rotatable bonds is 6. The molecule has 2 N–H and O–H groups in total. The molecule has 0 aliphatic rings. The summed E-state index contributed by atoms with van der Waals surface area (Å²) >= 11 is 0. The summed E-state index contributed by atoms with van der Waals surface area (Å²) in [5, 5.41) is 19.9. The Hall–Kier alpha value is -1.66. The van der Waals surface area contributed by atoms with E-state index in [0.29, 0.717) is 12.3 Å². The molecular weight excluding hydrogens is 220 g/mol. The molecule has 0 atom stereocenters. The van der Waals surface area contributed by atoms with Crippen LogP contribution in [0.1, 0.15) is 17.3 Å². The number of hydrogen-bond acceptors (Lipinski definition) is 5. The van der Waals surface area contributed by atoms with Gasteiger partial charge < -0.3 is 19.4 Å². The van der Waals surface area contributed by atoms with Gasteiger partial charge in [-0.1, -0.05) is 0 Å². The van der Waals surface area contributed by atoms with Crippen molar-refractivity contribution in [1.82, 2.24) is 20.1 Å². The standard InChI is InChI=1S/C11H16N4O2/c1-15-8-13-14-11(15)4-5-12-6-9-2-3-10(7-16)17-9/h2-3,8,12,16H,4-7H2,1H3. The van der Waals surface area contributed by atoms with Gasteiger partial charge in [-0.15, -0.1) is 10.2 Å². The molecule has 2 aromatic heterocycles. The third-order valence-corrected chi connectivity index (χ3v) is 2.50. The van der Waals surface area contributed by atoms with Crippen molar-refractivity contribution in [2.75, 3.05) is 6.54 Å². The number of aliphatic hydroxyl groups excluding tert-OH is 1. The molecule has 0 unspecified atom stereocenters. The van der Waals surface area contributed by atoms with Crippen LogP contribution in [-0.2, 0) is 26.6 Å². The van der Waals surface area contributed by atoms with Crippen LogP contribution in [0.5, 0.6) is 0 Å². The Morgan fingerprint density at radius 3 is 2.88 bits per heavy atom. The molecule has 17 heavy (non-hydrogen) atoms. The molecule has 0 spiro atoms. The molecule has 0 amide bonds. The second-order valence-electron chi connectivity index (χ2n) is 3.81. The molecule has 0 fully saturated rings. The van der Waals surface area contributed by atoms with Gasteiger partial charge in [0.15, 0.2) is 0 Å². The lowest BCUT2D eigenvalue weighted by atomic mass is 10.3. The molecular formula is C11H16N4O2. The first-order valence-corrected chi connectivity index (χ1v) is 5.51. The van der Waals surface area contributed by atoms with E-state index in [2.05, 4.69) is 15.5 Å². The minimum absolute atomic E-state index is 0.0566. The second kappa shape index (κ2) is 5.60. The van der Waals surface area contributed by atoms with E-state index < -0.39 is 0 Å². The third kappa shape index (κ3) is 3.15. The van der Waals surface area contributed by atoms with Crippen LogP contribution in [0, 0.1) is 0 Å². The first-order valence-electron chi connectivity index (χ1n) is 5.51. The second-order valence-corrected chi connectivity index (χ2v) is 3.81. The van der Waals surface area contributed by atoms with E-state index in [1.807, 2.05) is 17.7 Å². The van der Waals surface area contributed by atoms with Crippen LogP contribution >= 0.6 is 0 Å². The van der Waals surface area contributed by atoms with Crippen molar-refractivity contribution in [2.24, 2.45) is 7.05 Å². The highest BCUT2D eigenvalue weighted by molar-refractivity contribution is 5.06. The average molecular weight is 236 g/mol. The Morgan fingerprint density at radius 1 is 1.41 bits per heavy atom. The van der Waals surface area contributed by atoms with Crippen LogP contribution in [0.3, 0.4) is 0 Å². The highest BCUT2D eigenvalue weighted by Gasteiger charge is 2.02. The van der Waals surface area contributed by atoms with E-state index >= 15 is 0 Å². The van der Waals surface area contributed by atoms with Crippen molar-refractivity contribution in [3.05, 3.63) is 35.8 Å². The van der Waals surface area contributed by atoms with Crippen LogP contribution in [0.15, 0.2) is 22.9 Å². The smallest absolute Gasteiger partial charge is 0.133 e. The molecule has 0 aliphatic carbocycles. The molecule has 6 heteroatoms. The molecule has 0 aliphatic heterocycles. The Balaban J connectivity index is 1.71. The maximum Gasteiger partial charge on any atom is 0.133 e. The lowest BCUT2D eigenvalue weighted by Crippen LogP contribution is -2.17. The maximum absolute atomic E-state index is 8.85. The fourth-order valence-electron chi connectivity index (χ4n) is 1.55. The number of nitrogens with zero attached hydrogens (tertiary/aromatic N) is 3. The van der Waals surface area contributed by atoms with E-state index in [4.69, 9.17) is 9.52 Å². The molecule has 2 heterocycles. The predicted molar refractivity (Wildman–Crippen MR) is 61.0 cm³/mol. The first-order chi connectivity index (χ1) is 8.29. The summed E-state index contributed by atoms with van der Waals surface area (Å²) in [6.45, 7) is 1.40. The van der Waals surface area contributed by atoms with E-state index in [1.54, 1.807) is 12.4 Å². The van der Waals surface area contributed by atoms with Crippen molar-refractivity contribution in [3.63, 3.8) is 0 Å². The Morgan fingerprint density at radius 2 is 2.24 bits per heavy atom. The van der Waals surface area contributed by atoms with Crippen LogP contribution < -0.4 is 5.32 Å². The maximum atomic E-state index is 8.85. The fraction of sp³-hybridized carbons (Fsp3) is 0.455. The van der Waals surface area contributed by atoms with E-state index in [1.165, 1.54) is 0 Å². The van der Waals surface area contributed by atoms with Gasteiger partial charge >= 0.3 is 0 Å². The van der Waals surface area contributed by atoms with Gasteiger partial charge in [-0.25, -0.2) is 0 Å². The summed E-state index contributed by atoms with van der Waals surface area (Å²) in [4.78, 5) is 0. The molecule has 0 radical (unpaired) electrons. The molecule has 0 aromatic carbocycles. The molecule has 2 aromatic rings. The molecule has 0 bridgehead atoms. The van der Waals surface area contributed by atoms with Crippen molar-refractivity contribution < 1.29 is 9.52 Å². The van der Waals surface area contributed by atoms with Crippen molar-refractivity contribution >= 4 is 0 Å². The summed E-state index contributed by atoms with van der Waals surface area (Å²) in [5.74, 6) is 2.37. The average Bonchev–Trinajstić information content (AvgIpc) is 2.94. The topological polar surface area (TPSA) is 76.1 Å². The van der Waals surface area contributed by atoms with Gasteiger partial charge in [0.25, 0.3) is 0 Å². The fourth-order valence-corrected chi connectivity index (χ4v) is 1.55. The number of aliphatic hydroxyl groups is 1. The highest BCUT2D eigenvalue weighted by Crippen LogP contribution is 2.06. The lowest BCUT2D eigenvalue weighted by molar-refractivity contribution is 0.243. The Bertz CT molecular complexity index is 463. The van der Waals surface area contributed by atoms with E-state index in [0.717, 1.165) is 24.6 Å². The highest BCUT2D eigenvalue weighted by atomic mass is 16.4. The first kappa shape index (κ1) is 11.8. The van der Waals surface area contributed by atoms with Gasteiger partial charge in [-0.2, -0.15) is 0 Å². The van der Waals surface area contributed by atoms with Gasteiger partial charge in [0.2, 0.25) is 0 Å². The Labute approximate surface area is 99.3 Å². The zero-order valence-corrected chi connectivity index (χ0v) is 9.76. The summed E-state index contributed by atoms with van der Waals surface area (Å²) in [6.07, 6.45) is 2.51. The van der Waals surface area contributed by atoms with Gasteiger partial charge in [0.1, 0.15) is 30.3 Å². The zero-order chi connectivity index (χ0) is 12.1. The van der Waals surface area contributed by atoms with E-state index in [9.17, 15) is 0 Å². The SMILES string of the molecule is Cn1cnnc1CCNCc1ccc(CO)o1. The van der Waals surface area contributed by atoms with Crippen LogP contribution in [0.25, 0.3) is 0 Å². The summed E-state index contributed by atoms with van der Waals surface area (Å²) < 4.78 is 7.25. The van der Waals surface area contributed by atoms with Crippen molar-refractivity contribution in [2.45, 2.75) is 19.6 Å². The molecule has 0 saturated carbocycles. The molecule has 92 valence electrons. The van der Waals surface area contributed by atoms with Crippen LogP contribution in [0.2, 0.25) is 0 Å². The van der Waals surface area contributed by atoms with Gasteiger partial charge in [0, 0.05) is 20.0 Å². The van der Waals surface area contributed by atoms with Gasteiger partial charge in [0.05, 0.1) is 6.54 Å². The largest absolute Gasteiger partial charge is 0.462 e. The van der Waals surface area contributed by atoms with Gasteiger partial charge in [-0.3, -0.25) is 0 Å². The molecule has 6 nitrogen and oxygen atoms in total. The lowest BCUT2D eigenvalue weighted by Gasteiger charge is -2.02. The Kier molecular flexibility index (Phi) is 3.89. The van der Waals surface area contributed by atoms with Crippen LogP contribution in [-0.4, -0.2) is 26.4 Å². The third-order valence-electron chi connectivity index (χ3n) is 2.50. The number of aromatic nitrogens is 3. The number of nitrogens with one attached hydrogen (secondary N) is 1. The summed E-state index contributed by atoms with van der Waals surface area (Å²) in [5.41, 5.74) is 0. The van der Waals surface area contributed by atoms with E-state index in [-0.39, 0.29) is 6.61 Å². The zero-order valence-electron chi connectivity index (χ0n) is 9.76. The summed E-state index contributed by atoms with van der Waals surface area (Å²) in [6, 6.07) is 3.64. The van der Waals surface area contributed by atoms with Gasteiger partial charge in [-0.05, 0) is 12.1 Å². The number of furan rings is 1. The normalized spacial score (nSPS) is 10.9. The number of hydrogen-bond donors (Lipinski definition) is 2. The van der Waals surface area contributed by atoms with Crippen molar-refractivity contribution in [3.8, 4) is 0 Å². The number of aryl methyl sites for hydroxylation is 1. The monoisotopic (exact) mass is 236 g/mol. The predicted octanol–water partition coefficient (Wildman–Crippen LogP) is 0.233. The van der Waals surface area contributed by atoms with Crippen LogP contribution in [0.4, 0.5) is 0 Å².